The molecular weight excluding hydrogens is 244 g/mol. The molecule has 1 atom stereocenters. The smallest absolute Gasteiger partial charge is 0.150 e. The topological polar surface area (TPSA) is 56.0 Å². The van der Waals surface area contributed by atoms with Gasteiger partial charge in [0.2, 0.25) is 0 Å². The Kier molecular flexibility index (Phi) is 3.77. The van der Waals surface area contributed by atoms with Crippen molar-refractivity contribution in [2.45, 2.75) is 24.6 Å². The lowest BCUT2D eigenvalue weighted by atomic mass is 10.1. The van der Waals surface area contributed by atoms with Crippen LogP contribution in [0.15, 0.2) is 41.6 Å². The first-order valence-corrected chi connectivity index (χ1v) is 7.05. The molecule has 0 amide bonds. The van der Waals surface area contributed by atoms with Crippen LogP contribution in [0.25, 0.3) is 0 Å². The zero-order valence-electron chi connectivity index (χ0n) is 10.5. The van der Waals surface area contributed by atoms with Crippen LogP contribution in [0, 0.1) is 13.8 Å². The van der Waals surface area contributed by atoms with Crippen LogP contribution >= 0.6 is 0 Å². The van der Waals surface area contributed by atoms with E-state index >= 15 is 0 Å². The molecule has 2 aromatic rings. The molecule has 1 heterocycles. The molecule has 1 unspecified atom stereocenters. The quantitative estimate of drug-likeness (QED) is 0.922. The second-order valence-electron chi connectivity index (χ2n) is 4.31. The van der Waals surface area contributed by atoms with Crippen LogP contribution in [0.2, 0.25) is 0 Å². The maximum Gasteiger partial charge on any atom is 0.150 e. The molecular formula is C14H16N2OS. The van der Waals surface area contributed by atoms with Gasteiger partial charge in [0.15, 0.2) is 0 Å². The predicted molar refractivity (Wildman–Crippen MR) is 74.7 cm³/mol. The van der Waals surface area contributed by atoms with Crippen LogP contribution in [0.5, 0.6) is 0 Å². The van der Waals surface area contributed by atoms with Gasteiger partial charge in [0.25, 0.3) is 0 Å². The fraction of sp³-hybridized carbons (Fsp3) is 0.214. The largest absolute Gasteiger partial charge is 0.396 e. The van der Waals surface area contributed by atoms with Crippen LogP contribution < -0.4 is 5.73 Å². The second-order valence-corrected chi connectivity index (χ2v) is 5.67. The summed E-state index contributed by atoms with van der Waals surface area (Å²) in [6, 6.07) is 9.57. The van der Waals surface area contributed by atoms with Crippen molar-refractivity contribution < 1.29 is 4.21 Å². The van der Waals surface area contributed by atoms with Crippen LogP contribution in [0.1, 0.15) is 16.7 Å². The van der Waals surface area contributed by atoms with E-state index in [1.165, 1.54) is 11.1 Å². The summed E-state index contributed by atoms with van der Waals surface area (Å²) in [6.45, 7) is 4.11. The standard InChI is InChI=1S/C14H16N2OS/c1-10-5-6-12(8-11(10)2)9-18(17)14-13(15)4-3-7-16-14/h3-8H,9,15H2,1-2H3. The minimum atomic E-state index is -1.20. The minimum absolute atomic E-state index is 0.447. The number of hydrogen-bond acceptors (Lipinski definition) is 3. The van der Waals surface area contributed by atoms with Gasteiger partial charge in [-0.1, -0.05) is 18.2 Å². The fourth-order valence-corrected chi connectivity index (χ4v) is 2.83. The fourth-order valence-electron chi connectivity index (χ4n) is 1.71. The van der Waals surface area contributed by atoms with Crippen molar-refractivity contribution in [3.63, 3.8) is 0 Å². The molecule has 0 saturated heterocycles. The highest BCUT2D eigenvalue weighted by Gasteiger charge is 2.10. The maximum atomic E-state index is 12.2. The Morgan fingerprint density at radius 3 is 2.67 bits per heavy atom. The average Bonchev–Trinajstić information content (AvgIpc) is 2.34. The third-order valence-electron chi connectivity index (χ3n) is 2.89. The summed E-state index contributed by atoms with van der Waals surface area (Å²) >= 11 is 0. The summed E-state index contributed by atoms with van der Waals surface area (Å²) in [6.07, 6.45) is 1.62. The van der Waals surface area contributed by atoms with E-state index in [-0.39, 0.29) is 0 Å². The first-order valence-electron chi connectivity index (χ1n) is 5.73. The van der Waals surface area contributed by atoms with E-state index in [0.717, 1.165) is 5.56 Å². The number of rotatable bonds is 3. The van der Waals surface area contributed by atoms with Gasteiger partial charge in [-0.2, -0.15) is 0 Å². The predicted octanol–water partition coefficient (Wildman–Crippen LogP) is 2.59. The van der Waals surface area contributed by atoms with Gasteiger partial charge in [0.1, 0.15) is 5.03 Å². The van der Waals surface area contributed by atoms with E-state index in [1.54, 1.807) is 18.3 Å². The molecule has 0 aliphatic carbocycles. The monoisotopic (exact) mass is 260 g/mol. The number of nitrogen functional groups attached to an aromatic ring is 1. The molecule has 3 nitrogen and oxygen atoms in total. The molecule has 0 spiro atoms. The van der Waals surface area contributed by atoms with Gasteiger partial charge >= 0.3 is 0 Å². The van der Waals surface area contributed by atoms with Crippen molar-refractivity contribution in [2.75, 3.05) is 5.73 Å². The Bertz CT molecular complexity index is 596. The van der Waals surface area contributed by atoms with E-state index < -0.39 is 10.8 Å². The summed E-state index contributed by atoms with van der Waals surface area (Å²) < 4.78 is 12.2. The third-order valence-corrected chi connectivity index (χ3v) is 4.25. The number of aromatic nitrogens is 1. The molecule has 2 rings (SSSR count). The Labute approximate surface area is 110 Å². The summed E-state index contributed by atoms with van der Waals surface area (Å²) in [5.74, 6) is 0.447. The van der Waals surface area contributed by atoms with Crippen molar-refractivity contribution in [1.82, 2.24) is 4.98 Å². The van der Waals surface area contributed by atoms with Crippen molar-refractivity contribution >= 4 is 16.5 Å². The van der Waals surface area contributed by atoms with Crippen LogP contribution in [-0.4, -0.2) is 9.19 Å². The lowest BCUT2D eigenvalue weighted by Crippen LogP contribution is -2.03. The number of nitrogens with two attached hydrogens (primary N) is 1. The molecule has 1 aromatic heterocycles. The molecule has 0 bridgehead atoms. The zero-order chi connectivity index (χ0) is 13.1. The summed E-state index contributed by atoms with van der Waals surface area (Å²) in [7, 11) is -1.20. The molecule has 4 heteroatoms. The highest BCUT2D eigenvalue weighted by atomic mass is 32.2. The molecule has 0 radical (unpaired) electrons. The maximum absolute atomic E-state index is 12.2. The van der Waals surface area contributed by atoms with E-state index in [4.69, 9.17) is 5.73 Å². The normalized spacial score (nSPS) is 12.3. The first kappa shape index (κ1) is 12.8. The third kappa shape index (κ3) is 2.76. The molecule has 0 aliphatic rings. The summed E-state index contributed by atoms with van der Waals surface area (Å²) in [5, 5.41) is 0.468. The van der Waals surface area contributed by atoms with Crippen LogP contribution in [0.4, 0.5) is 5.69 Å². The van der Waals surface area contributed by atoms with Crippen LogP contribution in [-0.2, 0) is 16.6 Å². The van der Waals surface area contributed by atoms with Crippen molar-refractivity contribution in [1.29, 1.82) is 0 Å². The molecule has 0 aliphatic heterocycles. The SMILES string of the molecule is Cc1ccc(CS(=O)c2ncccc2N)cc1C. The molecule has 94 valence electrons. The zero-order valence-corrected chi connectivity index (χ0v) is 11.3. The number of nitrogens with zero attached hydrogens (tertiary/aromatic N) is 1. The number of anilines is 1. The second kappa shape index (κ2) is 5.31. The number of aryl methyl sites for hydroxylation is 2. The van der Waals surface area contributed by atoms with Gasteiger partial charge in [-0.25, -0.2) is 4.98 Å². The van der Waals surface area contributed by atoms with E-state index in [9.17, 15) is 4.21 Å². The van der Waals surface area contributed by atoms with E-state index in [0.29, 0.717) is 16.5 Å². The molecule has 0 saturated carbocycles. The van der Waals surface area contributed by atoms with Gasteiger partial charge in [-0.15, -0.1) is 0 Å². The summed E-state index contributed by atoms with van der Waals surface area (Å²) in [4.78, 5) is 4.09. The Morgan fingerprint density at radius 2 is 2.00 bits per heavy atom. The van der Waals surface area contributed by atoms with Gasteiger partial charge in [0, 0.05) is 6.20 Å². The van der Waals surface area contributed by atoms with Gasteiger partial charge in [-0.3, -0.25) is 4.21 Å². The highest BCUT2D eigenvalue weighted by molar-refractivity contribution is 7.84. The van der Waals surface area contributed by atoms with E-state index in [1.807, 2.05) is 12.1 Å². The van der Waals surface area contributed by atoms with Gasteiger partial charge in [-0.05, 0) is 42.7 Å². The number of benzene rings is 1. The van der Waals surface area contributed by atoms with Crippen LogP contribution in [0.3, 0.4) is 0 Å². The summed E-state index contributed by atoms with van der Waals surface area (Å²) in [5.41, 5.74) is 9.75. The van der Waals surface area contributed by atoms with E-state index in [2.05, 4.69) is 24.9 Å². The number of hydrogen-bond donors (Lipinski definition) is 1. The highest BCUT2D eigenvalue weighted by Crippen LogP contribution is 2.17. The Morgan fingerprint density at radius 1 is 1.22 bits per heavy atom. The lowest BCUT2D eigenvalue weighted by Gasteiger charge is -2.06. The van der Waals surface area contributed by atoms with Crippen molar-refractivity contribution in [2.24, 2.45) is 0 Å². The lowest BCUT2D eigenvalue weighted by molar-refractivity contribution is 0.680. The Balaban J connectivity index is 2.22. The van der Waals surface area contributed by atoms with Crippen molar-refractivity contribution in [3.05, 3.63) is 53.2 Å². The molecule has 2 N–H and O–H groups in total. The number of pyridine rings is 1. The first-order chi connectivity index (χ1) is 8.58. The molecule has 18 heavy (non-hydrogen) atoms. The van der Waals surface area contributed by atoms with Gasteiger partial charge < -0.3 is 5.73 Å². The minimum Gasteiger partial charge on any atom is -0.396 e. The average molecular weight is 260 g/mol. The Hall–Kier alpha value is -1.68. The molecule has 0 fully saturated rings. The molecule has 1 aromatic carbocycles. The van der Waals surface area contributed by atoms with Crippen molar-refractivity contribution in [3.8, 4) is 0 Å². The van der Waals surface area contributed by atoms with Gasteiger partial charge in [0.05, 0.1) is 22.2 Å².